The van der Waals surface area contributed by atoms with Gasteiger partial charge in [-0.05, 0) is 70.8 Å². The Bertz CT molecular complexity index is 2110. The van der Waals surface area contributed by atoms with Gasteiger partial charge in [-0.3, -0.25) is 4.79 Å². The molecule has 0 saturated carbocycles. The number of carbonyl (C=O) groups is 1. The number of rotatable bonds is 9. The van der Waals surface area contributed by atoms with Gasteiger partial charge in [-0.25, -0.2) is 0 Å². The van der Waals surface area contributed by atoms with Crippen LogP contribution in [0.25, 0.3) is 32.6 Å². The molecule has 0 bridgehead atoms. The van der Waals surface area contributed by atoms with E-state index >= 15 is 0 Å². The molecule has 222 valence electrons. The number of carbonyl (C=O) groups excluding carboxylic acids is 1. The Labute approximate surface area is 262 Å². The van der Waals surface area contributed by atoms with Crippen molar-refractivity contribution < 1.29 is 9.90 Å². The number of phenolic OH excluding ortho intramolecular Hbond substituents is 1. The van der Waals surface area contributed by atoms with Crippen LogP contribution in [-0.4, -0.2) is 16.0 Å². The molecule has 1 amide bonds. The first-order valence-electron chi connectivity index (χ1n) is 15.5. The second-order valence-electron chi connectivity index (χ2n) is 11.6. The second kappa shape index (κ2) is 12.3. The molecule has 5 heteroatoms. The summed E-state index contributed by atoms with van der Waals surface area (Å²) >= 11 is 0. The van der Waals surface area contributed by atoms with Gasteiger partial charge in [0, 0.05) is 39.9 Å². The lowest BCUT2D eigenvalue weighted by atomic mass is 9.97. The molecule has 7 rings (SSSR count). The molecule has 45 heavy (non-hydrogen) atoms. The van der Waals surface area contributed by atoms with E-state index in [1.807, 2.05) is 42.5 Å². The van der Waals surface area contributed by atoms with Crippen molar-refractivity contribution >= 4 is 44.2 Å². The van der Waals surface area contributed by atoms with Gasteiger partial charge >= 0.3 is 0 Å². The number of H-pyrrole nitrogens is 1. The van der Waals surface area contributed by atoms with Gasteiger partial charge in [-0.2, -0.15) is 0 Å². The first-order chi connectivity index (χ1) is 22.1. The summed E-state index contributed by atoms with van der Waals surface area (Å²) in [5.74, 6) is -0.407. The molecule has 0 aliphatic carbocycles. The van der Waals surface area contributed by atoms with Gasteiger partial charge in [-0.15, -0.1) is 0 Å². The lowest BCUT2D eigenvalue weighted by Crippen LogP contribution is -2.23. The molecule has 0 saturated heterocycles. The maximum absolute atomic E-state index is 13.4. The van der Waals surface area contributed by atoms with E-state index in [0.29, 0.717) is 5.69 Å². The summed E-state index contributed by atoms with van der Waals surface area (Å²) in [4.78, 5) is 16.8. The Kier molecular flexibility index (Phi) is 7.76. The third-order valence-corrected chi connectivity index (χ3v) is 8.69. The van der Waals surface area contributed by atoms with Crippen molar-refractivity contribution in [2.24, 2.45) is 0 Å². The zero-order valence-electron chi connectivity index (χ0n) is 25.2. The Morgan fingerprint density at radius 3 is 2.24 bits per heavy atom. The number of anilines is 1. The van der Waals surface area contributed by atoms with Crippen LogP contribution < -0.4 is 10.6 Å². The minimum atomic E-state index is -0.353. The van der Waals surface area contributed by atoms with Crippen molar-refractivity contribution in [3.8, 4) is 5.75 Å². The van der Waals surface area contributed by atoms with Gasteiger partial charge < -0.3 is 20.7 Å². The summed E-state index contributed by atoms with van der Waals surface area (Å²) < 4.78 is 0. The van der Waals surface area contributed by atoms with E-state index in [4.69, 9.17) is 0 Å². The van der Waals surface area contributed by atoms with Crippen LogP contribution in [-0.2, 0) is 19.4 Å². The molecule has 0 fully saturated rings. The average Bonchev–Trinajstić information content (AvgIpc) is 3.47. The zero-order chi connectivity index (χ0) is 30.8. The van der Waals surface area contributed by atoms with Crippen LogP contribution in [0, 0.1) is 0 Å². The molecule has 0 spiro atoms. The molecule has 0 radical (unpaired) electrons. The van der Waals surface area contributed by atoms with Crippen LogP contribution >= 0.6 is 0 Å². The number of hydrogen-bond donors (Lipinski definition) is 4. The molecular weight excluding hydrogens is 554 g/mol. The van der Waals surface area contributed by atoms with Crippen molar-refractivity contribution in [2.75, 3.05) is 5.32 Å². The van der Waals surface area contributed by atoms with Gasteiger partial charge in [0.1, 0.15) is 5.75 Å². The van der Waals surface area contributed by atoms with Crippen LogP contribution in [0.3, 0.4) is 0 Å². The van der Waals surface area contributed by atoms with Crippen LogP contribution in [0.15, 0.2) is 127 Å². The van der Waals surface area contributed by atoms with Crippen LogP contribution in [0.2, 0.25) is 0 Å². The molecule has 5 nitrogen and oxygen atoms in total. The number of amides is 1. The predicted molar refractivity (Wildman–Crippen MR) is 185 cm³/mol. The van der Waals surface area contributed by atoms with E-state index in [1.165, 1.54) is 16.7 Å². The van der Waals surface area contributed by atoms with Crippen LogP contribution in [0.4, 0.5) is 5.69 Å². The number of fused-ring (bicyclic) bond motifs is 5. The number of aryl methyl sites for hydroxylation is 1. The van der Waals surface area contributed by atoms with Crippen molar-refractivity contribution in [3.05, 3.63) is 155 Å². The maximum Gasteiger partial charge on any atom is 0.259 e. The van der Waals surface area contributed by atoms with Gasteiger partial charge in [0.25, 0.3) is 5.91 Å². The van der Waals surface area contributed by atoms with Crippen molar-refractivity contribution in [1.29, 1.82) is 0 Å². The number of hydrogen-bond acceptors (Lipinski definition) is 3. The van der Waals surface area contributed by atoms with Crippen molar-refractivity contribution in [3.63, 3.8) is 0 Å². The smallest absolute Gasteiger partial charge is 0.259 e. The fourth-order valence-electron chi connectivity index (χ4n) is 6.15. The lowest BCUT2D eigenvalue weighted by molar-refractivity contribution is 0.102. The van der Waals surface area contributed by atoms with Crippen LogP contribution in [0.1, 0.15) is 45.6 Å². The Balaban J connectivity index is 1.11. The topological polar surface area (TPSA) is 77.1 Å². The first kappa shape index (κ1) is 28.4. The Morgan fingerprint density at radius 2 is 1.47 bits per heavy atom. The molecule has 0 aliphatic heterocycles. The highest BCUT2D eigenvalue weighted by Crippen LogP contribution is 2.34. The fraction of sp³-hybridized carbons (Fsp3) is 0.125. The molecule has 1 atom stereocenters. The van der Waals surface area contributed by atoms with E-state index in [9.17, 15) is 9.90 Å². The molecule has 1 heterocycles. The standard InChI is InChI=1S/C40H35N3O2/c1-2-26-12-14-27(15-13-26)22-37(41-25-28-8-4-3-5-9-28)29-16-19-31(20-17-29)42-40(45)35-23-30-18-21-33-32-10-6-7-11-36(32)43-39(33)34(30)24-38(35)44/h3-21,23-24,37,41,43-44H,2,22,25H2,1H3,(H,42,45). The summed E-state index contributed by atoms with van der Waals surface area (Å²) in [6, 6.07) is 42.9. The SMILES string of the molecule is CCc1ccc(CC(NCc2ccccc2)c2ccc(NC(=O)c3cc4ccc5c6ccccc6[nH]c5c4cc3O)cc2)cc1. The van der Waals surface area contributed by atoms with Gasteiger partial charge in [0.2, 0.25) is 0 Å². The predicted octanol–water partition coefficient (Wildman–Crippen LogP) is 9.07. The summed E-state index contributed by atoms with van der Waals surface area (Å²) in [7, 11) is 0. The third-order valence-electron chi connectivity index (χ3n) is 8.69. The summed E-state index contributed by atoms with van der Waals surface area (Å²) in [6.45, 7) is 2.92. The Hall–Kier alpha value is -5.39. The average molecular weight is 590 g/mol. The van der Waals surface area contributed by atoms with Gasteiger partial charge in [0.05, 0.1) is 11.1 Å². The second-order valence-corrected chi connectivity index (χ2v) is 11.6. The van der Waals surface area contributed by atoms with Gasteiger partial charge in [0.15, 0.2) is 0 Å². The summed E-state index contributed by atoms with van der Waals surface area (Å²) in [5.41, 5.74) is 7.86. The molecular formula is C40H35N3O2. The summed E-state index contributed by atoms with van der Waals surface area (Å²) in [6.07, 6.45) is 1.87. The third kappa shape index (κ3) is 5.91. The highest BCUT2D eigenvalue weighted by molar-refractivity contribution is 6.18. The largest absolute Gasteiger partial charge is 0.507 e. The lowest BCUT2D eigenvalue weighted by Gasteiger charge is -2.20. The number of aromatic amines is 1. The molecule has 4 N–H and O–H groups in total. The van der Waals surface area contributed by atoms with Crippen molar-refractivity contribution in [2.45, 2.75) is 32.4 Å². The van der Waals surface area contributed by atoms with E-state index < -0.39 is 0 Å². The van der Waals surface area contributed by atoms with E-state index in [-0.39, 0.29) is 23.3 Å². The molecule has 0 aliphatic rings. The number of aromatic nitrogens is 1. The number of nitrogens with one attached hydrogen (secondary N) is 3. The highest BCUT2D eigenvalue weighted by Gasteiger charge is 2.17. The van der Waals surface area contributed by atoms with Crippen LogP contribution in [0.5, 0.6) is 5.75 Å². The quantitative estimate of drug-likeness (QED) is 0.136. The molecule has 1 aromatic heterocycles. The van der Waals surface area contributed by atoms with Crippen molar-refractivity contribution in [1.82, 2.24) is 10.3 Å². The minimum absolute atomic E-state index is 0.0537. The maximum atomic E-state index is 13.4. The molecule has 1 unspecified atom stereocenters. The van der Waals surface area contributed by atoms with E-state index in [1.54, 1.807) is 12.1 Å². The van der Waals surface area contributed by atoms with E-state index in [2.05, 4.69) is 95.3 Å². The first-order valence-corrected chi connectivity index (χ1v) is 15.5. The fourth-order valence-corrected chi connectivity index (χ4v) is 6.15. The Morgan fingerprint density at radius 1 is 0.733 bits per heavy atom. The number of aromatic hydroxyl groups is 1. The summed E-state index contributed by atoms with van der Waals surface area (Å²) in [5, 5.41) is 21.6. The highest BCUT2D eigenvalue weighted by atomic mass is 16.3. The number of para-hydroxylation sites is 1. The number of benzene rings is 6. The monoisotopic (exact) mass is 589 g/mol. The van der Waals surface area contributed by atoms with Gasteiger partial charge in [-0.1, -0.05) is 104 Å². The molecule has 6 aromatic carbocycles. The normalized spacial score (nSPS) is 12.1. The number of phenols is 1. The van der Waals surface area contributed by atoms with E-state index in [0.717, 1.165) is 57.5 Å². The minimum Gasteiger partial charge on any atom is -0.507 e. The zero-order valence-corrected chi connectivity index (χ0v) is 25.2. The molecule has 7 aromatic rings.